The van der Waals surface area contributed by atoms with Gasteiger partial charge in [0.25, 0.3) is 5.91 Å². The largest absolute Gasteiger partial charge is 0.452 e. The van der Waals surface area contributed by atoms with Crippen molar-refractivity contribution in [3.05, 3.63) is 28.3 Å². The number of rotatable bonds is 2. The van der Waals surface area contributed by atoms with Gasteiger partial charge in [0, 0.05) is 12.1 Å². The van der Waals surface area contributed by atoms with Gasteiger partial charge in [-0.15, -0.1) is 11.3 Å². The summed E-state index contributed by atoms with van der Waals surface area (Å²) in [6.07, 6.45) is -5.53. The Morgan fingerprint density at radius 1 is 1.44 bits per heavy atom. The van der Waals surface area contributed by atoms with E-state index >= 15 is 0 Å². The van der Waals surface area contributed by atoms with Crippen molar-refractivity contribution in [2.75, 3.05) is 13.1 Å². The van der Waals surface area contributed by atoms with E-state index in [0.717, 1.165) is 11.3 Å². The number of carbonyl (C=O) groups excluding carboxylic acids is 2. The molecule has 3 rings (SSSR count). The molecular formula is C15H13F3N2O4S. The minimum absolute atomic E-state index is 0.0292. The maximum Gasteiger partial charge on any atom is 0.452 e. The molecule has 0 saturated carbocycles. The number of aliphatic hydroxyl groups is 1. The number of piperidine rings is 1. The molecule has 0 unspecified atom stereocenters. The second-order valence-electron chi connectivity index (χ2n) is 5.64. The van der Waals surface area contributed by atoms with Crippen molar-refractivity contribution >= 4 is 23.0 Å². The first-order valence-corrected chi connectivity index (χ1v) is 8.14. The van der Waals surface area contributed by atoms with Crippen LogP contribution < -0.4 is 0 Å². The van der Waals surface area contributed by atoms with Gasteiger partial charge >= 0.3 is 6.18 Å². The van der Waals surface area contributed by atoms with Crippen LogP contribution in [-0.2, 0) is 11.0 Å². The van der Waals surface area contributed by atoms with E-state index in [1.54, 1.807) is 0 Å². The first-order chi connectivity index (χ1) is 11.7. The number of Topliss-reactive ketones (excluding diaryl/α,β-unsaturated/α-hetero) is 1. The average molecular weight is 374 g/mol. The third-order valence-electron chi connectivity index (χ3n) is 3.91. The van der Waals surface area contributed by atoms with E-state index < -0.39 is 29.7 Å². The zero-order chi connectivity index (χ0) is 18.4. The van der Waals surface area contributed by atoms with Crippen LogP contribution in [0.5, 0.6) is 0 Å². The second kappa shape index (κ2) is 6.26. The topological polar surface area (TPSA) is 83.6 Å². The summed E-state index contributed by atoms with van der Waals surface area (Å²) in [6, 6.07) is 2.96. The molecule has 1 atom stereocenters. The fraction of sp³-hybridized carbons (Fsp3) is 0.400. The third-order valence-corrected chi connectivity index (χ3v) is 4.99. The molecule has 1 aliphatic rings. The van der Waals surface area contributed by atoms with Crippen LogP contribution in [0.25, 0.3) is 10.6 Å². The van der Waals surface area contributed by atoms with Crippen LogP contribution in [0.1, 0.15) is 27.4 Å². The average Bonchev–Trinajstić information content (AvgIpc) is 3.15. The highest BCUT2D eigenvalue weighted by molar-refractivity contribution is 7.17. The number of ketones is 1. The van der Waals surface area contributed by atoms with E-state index in [2.05, 4.69) is 9.68 Å². The molecule has 0 spiro atoms. The highest BCUT2D eigenvalue weighted by Crippen LogP contribution is 2.38. The number of hydrogen-bond acceptors (Lipinski definition) is 6. The summed E-state index contributed by atoms with van der Waals surface area (Å²) >= 11 is 0.973. The summed E-state index contributed by atoms with van der Waals surface area (Å²) in [5.74, 6) is -2.01. The molecule has 1 N–H and O–H groups in total. The minimum Gasteiger partial charge on any atom is -0.385 e. The number of alkyl halides is 3. The van der Waals surface area contributed by atoms with Gasteiger partial charge in [-0.2, -0.15) is 13.2 Å². The zero-order valence-corrected chi connectivity index (χ0v) is 13.8. The van der Waals surface area contributed by atoms with Gasteiger partial charge in [-0.1, -0.05) is 5.16 Å². The van der Waals surface area contributed by atoms with E-state index in [1.807, 2.05) is 0 Å². The Morgan fingerprint density at radius 3 is 2.76 bits per heavy atom. The summed E-state index contributed by atoms with van der Waals surface area (Å²) in [5.41, 5.74) is -0.119. The Labute approximate surface area is 143 Å². The van der Waals surface area contributed by atoms with Crippen molar-refractivity contribution in [2.24, 2.45) is 0 Å². The SMILES string of the molecule is Cc1c(-c2ccc(C(=O)N3CC[C@@H](O)C(=O)C3)s2)noc1C(F)(F)F. The molecule has 10 heteroatoms. The van der Waals surface area contributed by atoms with Crippen molar-refractivity contribution in [1.82, 2.24) is 10.1 Å². The molecule has 1 saturated heterocycles. The summed E-state index contributed by atoms with van der Waals surface area (Å²) in [4.78, 5) is 25.9. The van der Waals surface area contributed by atoms with Gasteiger partial charge in [0.15, 0.2) is 5.78 Å². The second-order valence-corrected chi connectivity index (χ2v) is 6.73. The van der Waals surface area contributed by atoms with Crippen LogP contribution in [-0.4, -0.2) is 46.0 Å². The Kier molecular flexibility index (Phi) is 4.41. The molecule has 1 amide bonds. The van der Waals surface area contributed by atoms with Gasteiger partial charge in [0.05, 0.1) is 16.3 Å². The number of amides is 1. The van der Waals surface area contributed by atoms with Crippen LogP contribution in [0.3, 0.4) is 0 Å². The lowest BCUT2D eigenvalue weighted by molar-refractivity contribution is -0.156. The van der Waals surface area contributed by atoms with Crippen LogP contribution in [0.2, 0.25) is 0 Å². The van der Waals surface area contributed by atoms with Crippen molar-refractivity contribution in [1.29, 1.82) is 0 Å². The lowest BCUT2D eigenvalue weighted by atomic mass is 10.1. The smallest absolute Gasteiger partial charge is 0.385 e. The number of carbonyl (C=O) groups is 2. The maximum atomic E-state index is 12.8. The maximum absolute atomic E-state index is 12.8. The standard InChI is InChI=1S/C15H13F3N2O4S/c1-7-12(19-24-13(7)15(16,17)18)10-2-3-11(25-10)14(23)20-5-4-8(21)9(22)6-20/h2-3,8,21H,4-6H2,1H3/t8-/m1/s1. The molecule has 0 aliphatic carbocycles. The molecular weight excluding hydrogens is 361 g/mol. The molecule has 3 heterocycles. The summed E-state index contributed by atoms with van der Waals surface area (Å²) < 4.78 is 42.7. The number of hydrogen-bond donors (Lipinski definition) is 1. The zero-order valence-electron chi connectivity index (χ0n) is 13.0. The van der Waals surface area contributed by atoms with E-state index in [4.69, 9.17) is 0 Å². The molecule has 6 nitrogen and oxygen atoms in total. The van der Waals surface area contributed by atoms with Gasteiger partial charge in [-0.3, -0.25) is 9.59 Å². The van der Waals surface area contributed by atoms with Crippen LogP contribution in [0.15, 0.2) is 16.7 Å². The van der Waals surface area contributed by atoms with Gasteiger partial charge in [-0.25, -0.2) is 0 Å². The molecule has 0 radical (unpaired) electrons. The van der Waals surface area contributed by atoms with Gasteiger partial charge in [-0.05, 0) is 25.5 Å². The predicted octanol–water partition coefficient (Wildman–Crippen LogP) is 2.51. The molecule has 0 bridgehead atoms. The number of aliphatic hydroxyl groups excluding tert-OH is 1. The van der Waals surface area contributed by atoms with E-state index in [1.165, 1.54) is 24.0 Å². The molecule has 1 aliphatic heterocycles. The summed E-state index contributed by atoms with van der Waals surface area (Å²) in [6.45, 7) is 1.30. The Balaban J connectivity index is 1.82. The monoisotopic (exact) mass is 374 g/mol. The fourth-order valence-electron chi connectivity index (χ4n) is 2.55. The third kappa shape index (κ3) is 3.31. The molecule has 2 aromatic heterocycles. The van der Waals surface area contributed by atoms with E-state index in [-0.39, 0.29) is 35.6 Å². The Hall–Kier alpha value is -2.20. The van der Waals surface area contributed by atoms with Crippen LogP contribution in [0.4, 0.5) is 13.2 Å². The quantitative estimate of drug-likeness (QED) is 0.873. The lowest BCUT2D eigenvalue weighted by Crippen LogP contribution is -2.46. The van der Waals surface area contributed by atoms with Crippen molar-refractivity contribution < 1.29 is 32.4 Å². The van der Waals surface area contributed by atoms with Crippen molar-refractivity contribution in [2.45, 2.75) is 25.6 Å². The van der Waals surface area contributed by atoms with Crippen LogP contribution in [0, 0.1) is 6.92 Å². The summed E-state index contributed by atoms with van der Waals surface area (Å²) in [5, 5.41) is 12.9. The number of halogens is 3. The Bertz CT molecular complexity index is 827. The molecule has 134 valence electrons. The number of thiophene rings is 1. The molecule has 2 aromatic rings. The van der Waals surface area contributed by atoms with Crippen LogP contribution >= 0.6 is 11.3 Å². The normalized spacial score (nSPS) is 18.7. The number of likely N-dealkylation sites (tertiary alicyclic amines) is 1. The summed E-state index contributed by atoms with van der Waals surface area (Å²) in [7, 11) is 0. The number of aromatic nitrogens is 1. The van der Waals surface area contributed by atoms with Gasteiger partial charge < -0.3 is 14.5 Å². The van der Waals surface area contributed by atoms with Crippen molar-refractivity contribution in [3.63, 3.8) is 0 Å². The van der Waals surface area contributed by atoms with Gasteiger partial charge in [0.2, 0.25) is 5.76 Å². The fourth-order valence-corrected chi connectivity index (χ4v) is 3.56. The molecule has 0 aromatic carbocycles. The molecule has 25 heavy (non-hydrogen) atoms. The highest BCUT2D eigenvalue weighted by atomic mass is 32.1. The van der Waals surface area contributed by atoms with Crippen molar-refractivity contribution in [3.8, 4) is 10.6 Å². The highest BCUT2D eigenvalue weighted by Gasteiger charge is 2.39. The first-order valence-electron chi connectivity index (χ1n) is 7.32. The lowest BCUT2D eigenvalue weighted by Gasteiger charge is -2.28. The minimum atomic E-state index is -4.64. The Morgan fingerprint density at radius 2 is 2.16 bits per heavy atom. The van der Waals surface area contributed by atoms with Gasteiger partial charge in [0.1, 0.15) is 11.8 Å². The number of nitrogens with zero attached hydrogens (tertiary/aromatic N) is 2. The van der Waals surface area contributed by atoms with E-state index in [9.17, 15) is 27.9 Å². The van der Waals surface area contributed by atoms with E-state index in [0.29, 0.717) is 4.88 Å². The molecule has 1 fully saturated rings. The predicted molar refractivity (Wildman–Crippen MR) is 81.1 cm³/mol. The first kappa shape index (κ1) is 17.6.